The second-order valence-electron chi connectivity index (χ2n) is 7.78. The maximum atomic E-state index is 12.7. The van der Waals surface area contributed by atoms with Gasteiger partial charge in [-0.3, -0.25) is 10.3 Å². The van der Waals surface area contributed by atoms with Crippen LogP contribution >= 0.6 is 24.0 Å². The van der Waals surface area contributed by atoms with E-state index in [0.29, 0.717) is 10.6 Å². The van der Waals surface area contributed by atoms with Crippen molar-refractivity contribution in [2.75, 3.05) is 0 Å². The molecule has 0 unspecified atom stereocenters. The number of thiocarbonyl (C=S) groups is 1. The van der Waals surface area contributed by atoms with Crippen LogP contribution in [0, 0.1) is 0 Å². The van der Waals surface area contributed by atoms with Crippen LogP contribution in [-0.4, -0.2) is 43.7 Å². The molecular weight excluding hydrogens is 544 g/mol. The van der Waals surface area contributed by atoms with E-state index in [1.807, 2.05) is 30.3 Å². The molecule has 0 saturated carbocycles. The number of hydrogen-bond acceptors (Lipinski definition) is 5. The number of para-hydroxylation sites is 1. The zero-order valence-corrected chi connectivity index (χ0v) is 20.4. The normalized spacial score (nSPS) is 17.9. The second kappa shape index (κ2) is 10.5. The van der Waals surface area contributed by atoms with E-state index in [2.05, 4.69) is 10.3 Å². The molecule has 14 heteroatoms. The Morgan fingerprint density at radius 3 is 2.24 bits per heavy atom. The molecule has 1 saturated heterocycles. The zero-order valence-electron chi connectivity index (χ0n) is 18.7. The molecule has 0 aliphatic carbocycles. The van der Waals surface area contributed by atoms with Gasteiger partial charge in [0.2, 0.25) is 0 Å². The van der Waals surface area contributed by atoms with Gasteiger partial charge in [0, 0.05) is 23.0 Å². The number of thioether (sulfide) groups is 1. The molecular formula is C23H17F6N3O3S2. The van der Waals surface area contributed by atoms with Gasteiger partial charge in [0.1, 0.15) is 10.5 Å². The Labute approximate surface area is 215 Å². The molecule has 1 aliphatic heterocycles. The highest BCUT2D eigenvalue weighted by molar-refractivity contribution is 8.00. The van der Waals surface area contributed by atoms with Crippen molar-refractivity contribution in [3.05, 3.63) is 71.9 Å². The van der Waals surface area contributed by atoms with Crippen molar-refractivity contribution in [1.29, 1.82) is 0 Å². The van der Waals surface area contributed by atoms with E-state index in [4.69, 9.17) is 22.1 Å². The lowest BCUT2D eigenvalue weighted by Gasteiger charge is -2.34. The number of carboxylic acid groups (broad SMARTS) is 1. The molecule has 2 amide bonds. The number of aliphatic carboxylic acids is 1. The summed E-state index contributed by atoms with van der Waals surface area (Å²) in [6, 6.07) is 15.1. The number of nitrogens with zero attached hydrogens (tertiary/aromatic N) is 2. The lowest BCUT2D eigenvalue weighted by atomic mass is 9.90. The van der Waals surface area contributed by atoms with Crippen LogP contribution in [0.4, 0.5) is 31.1 Å². The molecule has 2 aromatic carbocycles. The molecule has 1 atom stereocenters. The molecule has 0 radical (unpaired) electrons. The monoisotopic (exact) mass is 561 g/mol. The number of carboxylic acids is 1. The van der Waals surface area contributed by atoms with Crippen LogP contribution in [0.5, 0.6) is 0 Å². The standard InChI is InChI=1S/C21H16F3N3OS2.C2HF3O2/c1-20(14-6-8-15(9-7-14)30-21(22,23)24)18(29)26-19(28)27(20)12-13-10-11-25-17-5-3-2-4-16(13)17;3-2(4,5)1(6)7/h2-11H,12H2,1H3,(H,26,28,29);(H,6,7)/t20-;/m1./s1. The summed E-state index contributed by atoms with van der Waals surface area (Å²) in [6.45, 7) is 2.06. The number of hydrogen-bond donors (Lipinski definition) is 2. The number of halogens is 6. The molecule has 3 aromatic rings. The molecule has 2 heterocycles. The van der Waals surface area contributed by atoms with Gasteiger partial charge in [0.05, 0.1) is 5.52 Å². The van der Waals surface area contributed by atoms with Crippen molar-refractivity contribution in [2.45, 2.75) is 35.6 Å². The van der Waals surface area contributed by atoms with E-state index >= 15 is 0 Å². The van der Waals surface area contributed by atoms with Gasteiger partial charge in [-0.15, -0.1) is 0 Å². The zero-order chi connectivity index (χ0) is 27.6. The number of pyridine rings is 1. The van der Waals surface area contributed by atoms with E-state index in [-0.39, 0.29) is 29.2 Å². The Bertz CT molecular complexity index is 1330. The molecule has 0 spiro atoms. The first-order chi connectivity index (χ1) is 17.1. The van der Waals surface area contributed by atoms with Crippen LogP contribution in [-0.2, 0) is 16.9 Å². The fourth-order valence-electron chi connectivity index (χ4n) is 3.57. The minimum atomic E-state index is -5.08. The minimum Gasteiger partial charge on any atom is -0.475 e. The average molecular weight is 562 g/mol. The predicted molar refractivity (Wildman–Crippen MR) is 128 cm³/mol. The van der Waals surface area contributed by atoms with Crippen LogP contribution in [0.25, 0.3) is 10.9 Å². The third-order valence-corrected chi connectivity index (χ3v) is 6.65. The number of nitrogens with one attached hydrogen (secondary N) is 1. The SMILES string of the molecule is C[C@@]1(c2ccc(SC(F)(F)F)cc2)C(=S)NC(=O)N1Cc1ccnc2ccccc12.O=C(O)C(F)(F)F. The Kier molecular flexibility index (Phi) is 8.03. The fraction of sp³-hybridized carbons (Fsp3) is 0.217. The minimum absolute atomic E-state index is 0.0738. The maximum Gasteiger partial charge on any atom is 0.490 e. The molecule has 1 fully saturated rings. The van der Waals surface area contributed by atoms with Gasteiger partial charge in [-0.25, -0.2) is 9.59 Å². The Hall–Kier alpha value is -3.39. The molecule has 4 rings (SSSR count). The number of aromatic nitrogens is 1. The number of alkyl halides is 6. The molecule has 2 N–H and O–H groups in total. The van der Waals surface area contributed by atoms with E-state index in [9.17, 15) is 31.1 Å². The highest BCUT2D eigenvalue weighted by atomic mass is 32.2. The predicted octanol–water partition coefficient (Wildman–Crippen LogP) is 6.25. The average Bonchev–Trinajstić information content (AvgIpc) is 3.02. The van der Waals surface area contributed by atoms with Crippen LogP contribution < -0.4 is 5.32 Å². The quantitative estimate of drug-likeness (QED) is 0.223. The smallest absolute Gasteiger partial charge is 0.475 e. The topological polar surface area (TPSA) is 82.5 Å². The first-order valence-corrected chi connectivity index (χ1v) is 11.5. The van der Waals surface area contributed by atoms with Crippen LogP contribution in [0.3, 0.4) is 0 Å². The number of amides is 2. The summed E-state index contributed by atoms with van der Waals surface area (Å²) in [5.74, 6) is -2.76. The highest BCUT2D eigenvalue weighted by Crippen LogP contribution is 2.40. The lowest BCUT2D eigenvalue weighted by molar-refractivity contribution is -0.192. The molecule has 1 aromatic heterocycles. The summed E-state index contributed by atoms with van der Waals surface area (Å²) in [5, 5.41) is 10.7. The third kappa shape index (κ3) is 6.49. The van der Waals surface area contributed by atoms with Crippen molar-refractivity contribution in [3.63, 3.8) is 0 Å². The summed E-state index contributed by atoms with van der Waals surface area (Å²) in [4.78, 5) is 27.9. The van der Waals surface area contributed by atoms with Gasteiger partial charge < -0.3 is 10.0 Å². The van der Waals surface area contributed by atoms with Crippen LogP contribution in [0.15, 0.2) is 65.7 Å². The highest BCUT2D eigenvalue weighted by Gasteiger charge is 2.47. The van der Waals surface area contributed by atoms with Gasteiger partial charge in [-0.2, -0.15) is 26.3 Å². The molecule has 1 aliphatic rings. The third-order valence-electron chi connectivity index (χ3n) is 5.41. The van der Waals surface area contributed by atoms with Gasteiger partial charge in [0.15, 0.2) is 0 Å². The number of carbonyl (C=O) groups excluding carboxylic acids is 1. The molecule has 6 nitrogen and oxygen atoms in total. The van der Waals surface area contributed by atoms with E-state index in [1.165, 1.54) is 12.1 Å². The molecule has 0 bridgehead atoms. The summed E-state index contributed by atoms with van der Waals surface area (Å²) in [5.41, 5.74) is -3.00. The van der Waals surface area contributed by atoms with Crippen LogP contribution in [0.2, 0.25) is 0 Å². The van der Waals surface area contributed by atoms with Gasteiger partial charge in [-0.1, -0.05) is 42.5 Å². The van der Waals surface area contributed by atoms with Crippen molar-refractivity contribution in [3.8, 4) is 0 Å². The Morgan fingerprint density at radius 1 is 1.08 bits per heavy atom. The Morgan fingerprint density at radius 2 is 1.68 bits per heavy atom. The Balaban J connectivity index is 0.000000479. The second-order valence-corrected chi connectivity index (χ2v) is 9.33. The largest absolute Gasteiger partial charge is 0.490 e. The summed E-state index contributed by atoms with van der Waals surface area (Å²) in [7, 11) is 0. The number of benzene rings is 2. The van der Waals surface area contributed by atoms with E-state index in [0.717, 1.165) is 16.5 Å². The van der Waals surface area contributed by atoms with Crippen molar-refractivity contribution in [1.82, 2.24) is 15.2 Å². The first kappa shape index (κ1) is 28.2. The van der Waals surface area contributed by atoms with Gasteiger partial charge in [0.25, 0.3) is 0 Å². The first-order valence-electron chi connectivity index (χ1n) is 10.2. The van der Waals surface area contributed by atoms with Crippen LogP contribution in [0.1, 0.15) is 18.1 Å². The van der Waals surface area contributed by atoms with E-state index < -0.39 is 23.2 Å². The van der Waals surface area contributed by atoms with E-state index in [1.54, 1.807) is 30.2 Å². The number of rotatable bonds is 4. The van der Waals surface area contributed by atoms with Gasteiger partial charge in [-0.05, 0) is 54.1 Å². The summed E-state index contributed by atoms with van der Waals surface area (Å²) >= 11 is 5.27. The molecule has 37 heavy (non-hydrogen) atoms. The number of fused-ring (bicyclic) bond motifs is 1. The fourth-order valence-corrected chi connectivity index (χ4v) is 4.43. The maximum absolute atomic E-state index is 12.7. The number of carbonyl (C=O) groups is 2. The van der Waals surface area contributed by atoms with Crippen molar-refractivity contribution >= 4 is 51.9 Å². The van der Waals surface area contributed by atoms with Crippen molar-refractivity contribution < 1.29 is 41.0 Å². The summed E-state index contributed by atoms with van der Waals surface area (Å²) in [6.07, 6.45) is -3.40. The van der Waals surface area contributed by atoms with Crippen molar-refractivity contribution in [2.24, 2.45) is 0 Å². The number of urea groups is 1. The molecule has 196 valence electrons. The summed E-state index contributed by atoms with van der Waals surface area (Å²) < 4.78 is 69.6. The van der Waals surface area contributed by atoms with Gasteiger partial charge >= 0.3 is 23.7 Å². The lowest BCUT2D eigenvalue weighted by Crippen LogP contribution is -2.43.